The third-order valence-electron chi connectivity index (χ3n) is 6.15. The summed E-state index contributed by atoms with van der Waals surface area (Å²) in [6, 6.07) is 7.16. The summed E-state index contributed by atoms with van der Waals surface area (Å²) in [7, 11) is 0. The van der Waals surface area contributed by atoms with Crippen LogP contribution in [0, 0.1) is 17.8 Å². The molecule has 1 N–H and O–H groups in total. The van der Waals surface area contributed by atoms with Crippen LogP contribution in [0.5, 0.6) is 0 Å². The SMILES string of the molecule is CC(C)C[C@@H](NC(=O)CCN1C(=O)[C@H]2CCCC[C@@H]2C1=O)c1nc2ccccc2o1. The van der Waals surface area contributed by atoms with Crippen molar-refractivity contribution in [3.8, 4) is 0 Å². The highest BCUT2D eigenvalue weighted by Gasteiger charge is 2.47. The van der Waals surface area contributed by atoms with E-state index in [-0.39, 0.29) is 48.6 Å². The van der Waals surface area contributed by atoms with Gasteiger partial charge in [-0.3, -0.25) is 19.3 Å². The third kappa shape index (κ3) is 4.11. The first-order chi connectivity index (χ1) is 14.4. The molecule has 2 fully saturated rings. The Morgan fingerprint density at radius 1 is 1.17 bits per heavy atom. The van der Waals surface area contributed by atoms with Gasteiger partial charge in [-0.2, -0.15) is 0 Å². The number of para-hydroxylation sites is 2. The fourth-order valence-corrected chi connectivity index (χ4v) is 4.66. The highest BCUT2D eigenvalue weighted by atomic mass is 16.3. The predicted octanol–water partition coefficient (Wildman–Crippen LogP) is 3.60. The van der Waals surface area contributed by atoms with Crippen LogP contribution < -0.4 is 5.32 Å². The lowest BCUT2D eigenvalue weighted by Crippen LogP contribution is -2.36. The van der Waals surface area contributed by atoms with Gasteiger partial charge in [-0.1, -0.05) is 38.8 Å². The van der Waals surface area contributed by atoms with Crippen LogP contribution in [0.15, 0.2) is 28.7 Å². The minimum atomic E-state index is -0.350. The molecule has 3 atom stereocenters. The van der Waals surface area contributed by atoms with E-state index in [0.29, 0.717) is 23.8 Å². The predicted molar refractivity (Wildman–Crippen MR) is 111 cm³/mol. The van der Waals surface area contributed by atoms with Gasteiger partial charge in [0.25, 0.3) is 0 Å². The Bertz CT molecular complexity index is 894. The van der Waals surface area contributed by atoms with Crippen molar-refractivity contribution in [2.24, 2.45) is 17.8 Å². The van der Waals surface area contributed by atoms with Crippen molar-refractivity contribution in [3.05, 3.63) is 30.2 Å². The molecule has 3 amide bonds. The molecule has 0 unspecified atom stereocenters. The Labute approximate surface area is 176 Å². The molecule has 7 heteroatoms. The molecule has 2 aromatic rings. The molecule has 0 radical (unpaired) electrons. The van der Waals surface area contributed by atoms with Gasteiger partial charge in [-0.05, 0) is 37.3 Å². The van der Waals surface area contributed by atoms with Crippen LogP contribution in [0.3, 0.4) is 0 Å². The largest absolute Gasteiger partial charge is 0.438 e. The Kier molecular flexibility index (Phi) is 5.88. The Balaban J connectivity index is 1.40. The Morgan fingerprint density at radius 3 is 2.47 bits per heavy atom. The zero-order chi connectivity index (χ0) is 21.3. The van der Waals surface area contributed by atoms with E-state index >= 15 is 0 Å². The van der Waals surface area contributed by atoms with Gasteiger partial charge < -0.3 is 9.73 Å². The summed E-state index contributed by atoms with van der Waals surface area (Å²) in [5.41, 5.74) is 1.44. The van der Waals surface area contributed by atoms with E-state index in [1.807, 2.05) is 24.3 Å². The van der Waals surface area contributed by atoms with Crippen LogP contribution >= 0.6 is 0 Å². The number of amides is 3. The van der Waals surface area contributed by atoms with Crippen LogP contribution in [0.25, 0.3) is 11.1 Å². The standard InChI is InChI=1S/C23H29N3O4/c1-14(2)13-18(21-25-17-9-5-6-10-19(17)30-21)24-20(27)11-12-26-22(28)15-7-3-4-8-16(15)23(26)29/h5-6,9-10,14-16,18H,3-4,7-8,11-13H2,1-2H3,(H,24,27)/t15-,16-,18+/m0/s1. The summed E-state index contributed by atoms with van der Waals surface area (Å²) in [5, 5.41) is 3.00. The lowest BCUT2D eigenvalue weighted by atomic mass is 9.81. The number of aromatic nitrogens is 1. The molecule has 0 bridgehead atoms. The van der Waals surface area contributed by atoms with Crippen molar-refractivity contribution in [3.63, 3.8) is 0 Å². The maximum Gasteiger partial charge on any atom is 0.233 e. The molecule has 30 heavy (non-hydrogen) atoms. The molecule has 1 aromatic carbocycles. The lowest BCUT2D eigenvalue weighted by Gasteiger charge is -2.19. The van der Waals surface area contributed by atoms with Gasteiger partial charge in [-0.25, -0.2) is 4.98 Å². The lowest BCUT2D eigenvalue weighted by molar-refractivity contribution is -0.140. The Hall–Kier alpha value is -2.70. The van der Waals surface area contributed by atoms with E-state index in [2.05, 4.69) is 24.1 Å². The fraction of sp³-hybridized carbons (Fsp3) is 0.565. The van der Waals surface area contributed by atoms with E-state index in [1.165, 1.54) is 4.90 Å². The summed E-state index contributed by atoms with van der Waals surface area (Å²) in [5.74, 6) is 0.0435. The number of nitrogens with one attached hydrogen (secondary N) is 1. The topological polar surface area (TPSA) is 92.5 Å². The van der Waals surface area contributed by atoms with Crippen molar-refractivity contribution in [2.75, 3.05) is 6.54 Å². The van der Waals surface area contributed by atoms with Crippen LogP contribution in [0.2, 0.25) is 0 Å². The summed E-state index contributed by atoms with van der Waals surface area (Å²) in [4.78, 5) is 43.7. The van der Waals surface area contributed by atoms with Crippen LogP contribution in [0.4, 0.5) is 0 Å². The van der Waals surface area contributed by atoms with Gasteiger partial charge in [0.15, 0.2) is 5.58 Å². The quantitative estimate of drug-likeness (QED) is 0.703. The Morgan fingerprint density at radius 2 is 1.83 bits per heavy atom. The first kappa shape index (κ1) is 20.6. The van der Waals surface area contributed by atoms with Crippen molar-refractivity contribution in [1.29, 1.82) is 0 Å². The van der Waals surface area contributed by atoms with Gasteiger partial charge in [-0.15, -0.1) is 0 Å². The zero-order valence-electron chi connectivity index (χ0n) is 17.6. The van der Waals surface area contributed by atoms with E-state index < -0.39 is 0 Å². The maximum atomic E-state index is 12.7. The molecular weight excluding hydrogens is 382 g/mol. The number of nitrogens with zero attached hydrogens (tertiary/aromatic N) is 2. The number of carbonyl (C=O) groups excluding carboxylic acids is 3. The van der Waals surface area contributed by atoms with Gasteiger partial charge in [0, 0.05) is 13.0 Å². The number of rotatable bonds is 7. The number of imide groups is 1. The molecule has 4 rings (SSSR count). The summed E-state index contributed by atoms with van der Waals surface area (Å²) in [6.45, 7) is 4.29. The van der Waals surface area contributed by atoms with Gasteiger partial charge in [0.2, 0.25) is 23.6 Å². The second kappa shape index (κ2) is 8.58. The second-order valence-corrected chi connectivity index (χ2v) is 8.85. The smallest absolute Gasteiger partial charge is 0.233 e. The van der Waals surface area contributed by atoms with Gasteiger partial charge >= 0.3 is 0 Å². The van der Waals surface area contributed by atoms with E-state index in [9.17, 15) is 14.4 Å². The summed E-state index contributed by atoms with van der Waals surface area (Å²) >= 11 is 0. The van der Waals surface area contributed by atoms with Crippen LogP contribution in [0.1, 0.15) is 64.3 Å². The molecule has 2 heterocycles. The van der Waals surface area contributed by atoms with E-state index in [1.54, 1.807) is 0 Å². The molecule has 1 saturated heterocycles. The first-order valence-corrected chi connectivity index (χ1v) is 10.9. The number of likely N-dealkylation sites (tertiary alicyclic amines) is 1. The number of carbonyl (C=O) groups is 3. The minimum Gasteiger partial charge on any atom is -0.438 e. The number of benzene rings is 1. The van der Waals surface area contributed by atoms with Crippen LogP contribution in [-0.2, 0) is 14.4 Å². The molecule has 1 aliphatic heterocycles. The summed E-state index contributed by atoms with van der Waals surface area (Å²) in [6.07, 6.45) is 4.33. The average Bonchev–Trinajstić information content (AvgIpc) is 3.26. The summed E-state index contributed by atoms with van der Waals surface area (Å²) < 4.78 is 5.86. The monoisotopic (exact) mass is 411 g/mol. The molecule has 1 saturated carbocycles. The van der Waals surface area contributed by atoms with Crippen molar-refractivity contribution in [2.45, 2.75) is 58.4 Å². The number of oxazole rings is 1. The van der Waals surface area contributed by atoms with Crippen molar-refractivity contribution < 1.29 is 18.8 Å². The van der Waals surface area contributed by atoms with Gasteiger partial charge in [0.05, 0.1) is 11.8 Å². The fourth-order valence-electron chi connectivity index (χ4n) is 4.66. The normalized spacial score (nSPS) is 22.6. The van der Waals surface area contributed by atoms with Gasteiger partial charge in [0.1, 0.15) is 11.6 Å². The molecule has 1 aromatic heterocycles. The molecule has 2 aliphatic rings. The molecule has 160 valence electrons. The third-order valence-corrected chi connectivity index (χ3v) is 6.15. The zero-order valence-corrected chi connectivity index (χ0v) is 17.6. The number of hydrogen-bond acceptors (Lipinski definition) is 5. The molecule has 0 spiro atoms. The van der Waals surface area contributed by atoms with Crippen molar-refractivity contribution in [1.82, 2.24) is 15.2 Å². The molecular formula is C23H29N3O4. The first-order valence-electron chi connectivity index (χ1n) is 10.9. The number of fused-ring (bicyclic) bond motifs is 2. The minimum absolute atomic E-state index is 0.0890. The van der Waals surface area contributed by atoms with Crippen LogP contribution in [-0.4, -0.2) is 34.2 Å². The van der Waals surface area contributed by atoms with Crippen molar-refractivity contribution >= 4 is 28.8 Å². The molecule has 1 aliphatic carbocycles. The highest BCUT2D eigenvalue weighted by Crippen LogP contribution is 2.38. The second-order valence-electron chi connectivity index (χ2n) is 8.85. The van der Waals surface area contributed by atoms with E-state index in [0.717, 1.165) is 31.2 Å². The average molecular weight is 412 g/mol. The number of hydrogen-bond donors (Lipinski definition) is 1. The highest BCUT2D eigenvalue weighted by molar-refractivity contribution is 6.05. The molecule has 7 nitrogen and oxygen atoms in total. The maximum absolute atomic E-state index is 12.7. The van der Waals surface area contributed by atoms with E-state index in [4.69, 9.17) is 4.42 Å².